The molecule has 2 N–H and O–H groups in total. The third-order valence-electron chi connectivity index (χ3n) is 2.96. The zero-order chi connectivity index (χ0) is 17.0. The van der Waals surface area contributed by atoms with Gasteiger partial charge in [0.2, 0.25) is 0 Å². The molecule has 1 unspecified atom stereocenters. The number of carbonyl (C=O) groups is 2. The number of benzene rings is 1. The van der Waals surface area contributed by atoms with E-state index in [1.807, 2.05) is 0 Å². The first-order valence-corrected chi connectivity index (χ1v) is 6.49. The second-order valence-corrected chi connectivity index (χ2v) is 4.91. The number of carboxylic acids is 1. The van der Waals surface area contributed by atoms with Gasteiger partial charge in [-0.2, -0.15) is 0 Å². The Labute approximate surface area is 125 Å². The summed E-state index contributed by atoms with van der Waals surface area (Å²) in [6.45, 7) is 3.15. The van der Waals surface area contributed by atoms with Crippen LogP contribution in [0.3, 0.4) is 0 Å². The minimum Gasteiger partial charge on any atom is -0.480 e. The SMILES string of the molecule is CCCC(C)(NC(=O)c1ccc(OC(F)(F)F)cc1)C(=O)O. The van der Waals surface area contributed by atoms with Gasteiger partial charge in [-0.05, 0) is 37.6 Å². The molecule has 0 aliphatic heterocycles. The van der Waals surface area contributed by atoms with Crippen molar-refractivity contribution >= 4 is 11.9 Å². The van der Waals surface area contributed by atoms with Gasteiger partial charge in [0.05, 0.1) is 0 Å². The van der Waals surface area contributed by atoms with Gasteiger partial charge >= 0.3 is 12.3 Å². The van der Waals surface area contributed by atoms with Crippen LogP contribution in [0.2, 0.25) is 0 Å². The number of hydrogen-bond donors (Lipinski definition) is 2. The third kappa shape index (κ3) is 4.94. The molecule has 0 heterocycles. The van der Waals surface area contributed by atoms with Gasteiger partial charge in [-0.15, -0.1) is 13.2 Å². The van der Waals surface area contributed by atoms with E-state index in [1.165, 1.54) is 6.92 Å². The molecule has 1 rings (SSSR count). The summed E-state index contributed by atoms with van der Waals surface area (Å²) in [5.41, 5.74) is -1.40. The van der Waals surface area contributed by atoms with Gasteiger partial charge in [0.1, 0.15) is 11.3 Å². The molecule has 0 bridgehead atoms. The minimum absolute atomic E-state index is 0.0399. The molecule has 1 atom stereocenters. The van der Waals surface area contributed by atoms with Crippen LogP contribution in [0.1, 0.15) is 37.0 Å². The highest BCUT2D eigenvalue weighted by Gasteiger charge is 2.34. The normalized spacial score (nSPS) is 14.0. The monoisotopic (exact) mass is 319 g/mol. The van der Waals surface area contributed by atoms with Gasteiger partial charge < -0.3 is 15.2 Å². The Balaban J connectivity index is 2.83. The fraction of sp³-hybridized carbons (Fsp3) is 0.429. The number of rotatable bonds is 6. The Kier molecular flexibility index (Phi) is 5.40. The van der Waals surface area contributed by atoms with Crippen molar-refractivity contribution in [1.29, 1.82) is 0 Å². The van der Waals surface area contributed by atoms with E-state index in [2.05, 4.69) is 10.1 Å². The van der Waals surface area contributed by atoms with Gasteiger partial charge in [-0.25, -0.2) is 4.79 Å². The zero-order valence-corrected chi connectivity index (χ0v) is 12.0. The summed E-state index contributed by atoms with van der Waals surface area (Å²) in [6, 6.07) is 4.23. The quantitative estimate of drug-likeness (QED) is 0.845. The first kappa shape index (κ1) is 17.8. The van der Waals surface area contributed by atoms with Crippen molar-refractivity contribution < 1.29 is 32.6 Å². The Bertz CT molecular complexity index is 542. The molecule has 0 aliphatic carbocycles. The van der Waals surface area contributed by atoms with Crippen molar-refractivity contribution in [2.45, 2.75) is 38.6 Å². The van der Waals surface area contributed by atoms with Gasteiger partial charge in [0.25, 0.3) is 5.91 Å². The third-order valence-corrected chi connectivity index (χ3v) is 2.96. The second kappa shape index (κ2) is 6.67. The molecular weight excluding hydrogens is 303 g/mol. The van der Waals surface area contributed by atoms with E-state index >= 15 is 0 Å². The van der Waals surface area contributed by atoms with Crippen LogP contribution < -0.4 is 10.1 Å². The van der Waals surface area contributed by atoms with Crippen molar-refractivity contribution in [3.63, 3.8) is 0 Å². The lowest BCUT2D eigenvalue weighted by atomic mass is 9.96. The maximum Gasteiger partial charge on any atom is 0.573 e. The molecule has 8 heteroatoms. The predicted molar refractivity (Wildman–Crippen MR) is 71.5 cm³/mol. The van der Waals surface area contributed by atoms with Gasteiger partial charge in [0, 0.05) is 5.56 Å². The van der Waals surface area contributed by atoms with E-state index in [0.29, 0.717) is 6.42 Å². The number of nitrogens with one attached hydrogen (secondary N) is 1. The number of carbonyl (C=O) groups excluding carboxylic acids is 1. The lowest BCUT2D eigenvalue weighted by Crippen LogP contribution is -2.52. The highest BCUT2D eigenvalue weighted by Crippen LogP contribution is 2.23. The first-order chi connectivity index (χ1) is 10.1. The Morgan fingerprint density at radius 3 is 2.18 bits per heavy atom. The molecule has 5 nitrogen and oxygen atoms in total. The maximum absolute atomic E-state index is 12.0. The largest absolute Gasteiger partial charge is 0.573 e. The minimum atomic E-state index is -4.81. The molecule has 0 radical (unpaired) electrons. The summed E-state index contributed by atoms with van der Waals surface area (Å²) in [5, 5.41) is 11.5. The van der Waals surface area contributed by atoms with Crippen LogP contribution in [0.25, 0.3) is 0 Å². The van der Waals surface area contributed by atoms with Crippen molar-refractivity contribution in [3.8, 4) is 5.75 Å². The second-order valence-electron chi connectivity index (χ2n) is 4.91. The lowest BCUT2D eigenvalue weighted by Gasteiger charge is -2.25. The summed E-state index contributed by atoms with van der Waals surface area (Å²) >= 11 is 0. The van der Waals surface area contributed by atoms with Crippen molar-refractivity contribution in [2.24, 2.45) is 0 Å². The number of halogens is 3. The van der Waals surface area contributed by atoms with Gasteiger partial charge in [-0.1, -0.05) is 13.3 Å². The van der Waals surface area contributed by atoms with Crippen molar-refractivity contribution in [2.75, 3.05) is 0 Å². The molecule has 22 heavy (non-hydrogen) atoms. The number of hydrogen-bond acceptors (Lipinski definition) is 3. The Morgan fingerprint density at radius 1 is 1.23 bits per heavy atom. The van der Waals surface area contributed by atoms with E-state index in [9.17, 15) is 27.9 Å². The fourth-order valence-electron chi connectivity index (χ4n) is 1.85. The molecule has 0 aliphatic rings. The molecule has 1 amide bonds. The molecule has 1 aromatic carbocycles. The molecule has 1 aromatic rings. The summed E-state index contributed by atoms with van der Waals surface area (Å²) in [7, 11) is 0. The molecule has 0 fully saturated rings. The summed E-state index contributed by atoms with van der Waals surface area (Å²) in [5.74, 6) is -2.32. The average molecular weight is 319 g/mol. The van der Waals surface area contributed by atoms with Crippen LogP contribution >= 0.6 is 0 Å². The number of carboxylic acid groups (broad SMARTS) is 1. The first-order valence-electron chi connectivity index (χ1n) is 6.49. The van der Waals surface area contributed by atoms with Crippen LogP contribution in [0.15, 0.2) is 24.3 Å². The molecule has 0 saturated carbocycles. The molecule has 0 aromatic heterocycles. The number of amides is 1. The summed E-state index contributed by atoms with van der Waals surface area (Å²) in [4.78, 5) is 23.2. The molecule has 0 spiro atoms. The fourth-order valence-corrected chi connectivity index (χ4v) is 1.85. The number of ether oxygens (including phenoxy) is 1. The van der Waals surface area contributed by atoms with Crippen molar-refractivity contribution in [1.82, 2.24) is 5.32 Å². The van der Waals surface area contributed by atoms with Crippen LogP contribution in [0, 0.1) is 0 Å². The molecule has 122 valence electrons. The zero-order valence-electron chi connectivity index (χ0n) is 12.0. The lowest BCUT2D eigenvalue weighted by molar-refractivity contribution is -0.274. The molecule has 0 saturated heterocycles. The van der Waals surface area contributed by atoms with Crippen LogP contribution in [0.4, 0.5) is 13.2 Å². The smallest absolute Gasteiger partial charge is 0.480 e. The van der Waals surface area contributed by atoms with E-state index in [-0.39, 0.29) is 12.0 Å². The van der Waals surface area contributed by atoms with Crippen molar-refractivity contribution in [3.05, 3.63) is 29.8 Å². The van der Waals surface area contributed by atoms with Gasteiger partial charge in [-0.3, -0.25) is 4.79 Å². The summed E-state index contributed by atoms with van der Waals surface area (Å²) < 4.78 is 39.8. The van der Waals surface area contributed by atoms with E-state index in [1.54, 1.807) is 6.92 Å². The Morgan fingerprint density at radius 2 is 1.77 bits per heavy atom. The van der Waals surface area contributed by atoms with E-state index in [0.717, 1.165) is 24.3 Å². The van der Waals surface area contributed by atoms with E-state index in [4.69, 9.17) is 0 Å². The standard InChI is InChI=1S/C14H16F3NO4/c1-3-8-13(2,12(20)21)18-11(19)9-4-6-10(7-5-9)22-14(15,16)17/h4-7H,3,8H2,1-2H3,(H,18,19)(H,20,21). The number of alkyl halides is 3. The topological polar surface area (TPSA) is 75.6 Å². The highest BCUT2D eigenvalue weighted by atomic mass is 19.4. The summed E-state index contributed by atoms with van der Waals surface area (Å²) in [6.07, 6.45) is -4.04. The molecular formula is C14H16F3NO4. The van der Waals surface area contributed by atoms with Crippen LogP contribution in [-0.4, -0.2) is 28.9 Å². The Hall–Kier alpha value is -2.25. The number of aliphatic carboxylic acids is 1. The predicted octanol–water partition coefficient (Wildman–Crippen LogP) is 2.96. The average Bonchev–Trinajstić information content (AvgIpc) is 2.37. The van der Waals surface area contributed by atoms with E-state index < -0.39 is 29.5 Å². The van der Waals surface area contributed by atoms with Crippen LogP contribution in [0.5, 0.6) is 5.75 Å². The maximum atomic E-state index is 12.0. The van der Waals surface area contributed by atoms with Crippen LogP contribution in [-0.2, 0) is 4.79 Å². The highest BCUT2D eigenvalue weighted by molar-refractivity contribution is 5.97. The van der Waals surface area contributed by atoms with Gasteiger partial charge in [0.15, 0.2) is 0 Å².